The lowest BCUT2D eigenvalue weighted by atomic mass is 10.1. The number of aryl methyl sites for hydroxylation is 1. The molecule has 0 aromatic heterocycles. The van der Waals surface area contributed by atoms with Gasteiger partial charge >= 0.3 is 0 Å². The van der Waals surface area contributed by atoms with E-state index in [4.69, 9.17) is 22.4 Å². The standard InChI is InChI=1S/C12H19ClN2O2/c1-8-6-11(14)12(7-10(8)13)15-4-2-9(17)3-5-16/h6-7,9,15-17H,2-5,14H2,1H3. The number of nitrogens with one attached hydrogen (secondary N) is 1. The molecule has 0 radical (unpaired) electrons. The number of aliphatic hydroxyl groups excluding tert-OH is 2. The summed E-state index contributed by atoms with van der Waals surface area (Å²) in [6, 6.07) is 3.60. The molecule has 5 N–H and O–H groups in total. The number of benzene rings is 1. The molecule has 0 saturated heterocycles. The van der Waals surface area contributed by atoms with Crippen LogP contribution in [0.4, 0.5) is 11.4 Å². The Labute approximate surface area is 106 Å². The van der Waals surface area contributed by atoms with E-state index in [2.05, 4.69) is 5.32 Å². The van der Waals surface area contributed by atoms with Crippen molar-refractivity contribution in [1.29, 1.82) is 0 Å². The van der Waals surface area contributed by atoms with Crippen LogP contribution in [0, 0.1) is 6.92 Å². The second kappa shape index (κ2) is 6.69. The van der Waals surface area contributed by atoms with E-state index in [1.54, 1.807) is 6.07 Å². The molecule has 0 fully saturated rings. The van der Waals surface area contributed by atoms with Crippen molar-refractivity contribution in [2.24, 2.45) is 0 Å². The Morgan fingerprint density at radius 2 is 2.12 bits per heavy atom. The fourth-order valence-electron chi connectivity index (χ4n) is 1.52. The average Bonchev–Trinajstić information content (AvgIpc) is 2.26. The van der Waals surface area contributed by atoms with Crippen molar-refractivity contribution in [1.82, 2.24) is 0 Å². The van der Waals surface area contributed by atoms with Crippen LogP contribution in [0.2, 0.25) is 5.02 Å². The van der Waals surface area contributed by atoms with Gasteiger partial charge in [0, 0.05) is 18.2 Å². The zero-order valence-corrected chi connectivity index (χ0v) is 10.7. The van der Waals surface area contributed by atoms with Crippen LogP contribution in [-0.4, -0.2) is 29.5 Å². The number of hydrogen-bond acceptors (Lipinski definition) is 4. The SMILES string of the molecule is Cc1cc(N)c(NCCC(O)CCO)cc1Cl. The first kappa shape index (κ1) is 14.1. The van der Waals surface area contributed by atoms with Crippen molar-refractivity contribution >= 4 is 23.0 Å². The van der Waals surface area contributed by atoms with E-state index in [9.17, 15) is 5.11 Å². The minimum Gasteiger partial charge on any atom is -0.397 e. The normalized spacial score (nSPS) is 12.5. The molecule has 0 aliphatic carbocycles. The molecule has 17 heavy (non-hydrogen) atoms. The summed E-state index contributed by atoms with van der Waals surface area (Å²) in [5.74, 6) is 0. The van der Waals surface area contributed by atoms with E-state index in [0.717, 1.165) is 11.3 Å². The number of nitrogens with two attached hydrogens (primary N) is 1. The first-order valence-corrected chi connectivity index (χ1v) is 6.00. The molecular formula is C12H19ClN2O2. The minimum absolute atomic E-state index is 0.000332. The van der Waals surface area contributed by atoms with E-state index in [1.165, 1.54) is 0 Å². The third-order valence-electron chi connectivity index (χ3n) is 2.59. The van der Waals surface area contributed by atoms with Crippen LogP contribution < -0.4 is 11.1 Å². The van der Waals surface area contributed by atoms with E-state index < -0.39 is 6.10 Å². The highest BCUT2D eigenvalue weighted by atomic mass is 35.5. The summed E-state index contributed by atoms with van der Waals surface area (Å²) < 4.78 is 0. The van der Waals surface area contributed by atoms with Gasteiger partial charge in [0.25, 0.3) is 0 Å². The van der Waals surface area contributed by atoms with Crippen molar-refractivity contribution in [3.05, 3.63) is 22.7 Å². The molecule has 0 spiro atoms. The molecule has 0 aliphatic rings. The molecule has 0 amide bonds. The molecule has 0 saturated carbocycles. The molecule has 0 heterocycles. The van der Waals surface area contributed by atoms with Crippen LogP contribution in [0.25, 0.3) is 0 Å². The fraction of sp³-hybridized carbons (Fsp3) is 0.500. The quantitative estimate of drug-likeness (QED) is 0.587. The van der Waals surface area contributed by atoms with Gasteiger partial charge in [-0.15, -0.1) is 0 Å². The smallest absolute Gasteiger partial charge is 0.0589 e. The van der Waals surface area contributed by atoms with Crippen molar-refractivity contribution in [2.75, 3.05) is 24.2 Å². The van der Waals surface area contributed by atoms with E-state index in [1.807, 2.05) is 13.0 Å². The van der Waals surface area contributed by atoms with Gasteiger partial charge < -0.3 is 21.3 Å². The van der Waals surface area contributed by atoms with Gasteiger partial charge in [-0.05, 0) is 37.5 Å². The molecule has 1 aromatic rings. The summed E-state index contributed by atoms with van der Waals surface area (Å²) in [7, 11) is 0. The minimum atomic E-state index is -0.491. The van der Waals surface area contributed by atoms with Crippen molar-refractivity contribution in [2.45, 2.75) is 25.9 Å². The maximum absolute atomic E-state index is 9.44. The molecule has 0 aliphatic heterocycles. The van der Waals surface area contributed by atoms with Gasteiger partial charge in [0.2, 0.25) is 0 Å². The van der Waals surface area contributed by atoms with Crippen LogP contribution >= 0.6 is 11.6 Å². The van der Waals surface area contributed by atoms with Crippen molar-refractivity contribution in [3.8, 4) is 0 Å². The van der Waals surface area contributed by atoms with Gasteiger partial charge in [-0.25, -0.2) is 0 Å². The van der Waals surface area contributed by atoms with Gasteiger partial charge in [0.15, 0.2) is 0 Å². The van der Waals surface area contributed by atoms with E-state index >= 15 is 0 Å². The molecule has 5 heteroatoms. The molecule has 1 aromatic carbocycles. The van der Waals surface area contributed by atoms with Crippen LogP contribution in [0.3, 0.4) is 0 Å². The maximum Gasteiger partial charge on any atom is 0.0589 e. The third kappa shape index (κ3) is 4.42. The molecule has 1 rings (SSSR count). The van der Waals surface area contributed by atoms with Gasteiger partial charge in [0.05, 0.1) is 17.5 Å². The Kier molecular flexibility index (Phi) is 5.55. The number of anilines is 2. The predicted molar refractivity (Wildman–Crippen MR) is 71.4 cm³/mol. The second-order valence-electron chi connectivity index (χ2n) is 4.07. The average molecular weight is 259 g/mol. The number of hydrogen-bond donors (Lipinski definition) is 4. The highest BCUT2D eigenvalue weighted by Crippen LogP contribution is 2.26. The number of rotatable bonds is 6. The summed E-state index contributed by atoms with van der Waals surface area (Å²) in [6.45, 7) is 2.48. The van der Waals surface area contributed by atoms with E-state index in [0.29, 0.717) is 30.1 Å². The molecule has 1 unspecified atom stereocenters. The molecular weight excluding hydrogens is 240 g/mol. The maximum atomic E-state index is 9.44. The van der Waals surface area contributed by atoms with Gasteiger partial charge in [0.1, 0.15) is 0 Å². The molecule has 0 bridgehead atoms. The Bertz CT molecular complexity index is 372. The zero-order chi connectivity index (χ0) is 12.8. The lowest BCUT2D eigenvalue weighted by Crippen LogP contribution is -2.15. The Hall–Kier alpha value is -0.970. The Morgan fingerprint density at radius 3 is 2.76 bits per heavy atom. The molecule has 4 nitrogen and oxygen atoms in total. The van der Waals surface area contributed by atoms with Crippen LogP contribution in [-0.2, 0) is 0 Å². The zero-order valence-electron chi connectivity index (χ0n) is 9.91. The lowest BCUT2D eigenvalue weighted by Gasteiger charge is -2.13. The van der Waals surface area contributed by atoms with Gasteiger partial charge in [-0.2, -0.15) is 0 Å². The van der Waals surface area contributed by atoms with Crippen LogP contribution in [0.5, 0.6) is 0 Å². The van der Waals surface area contributed by atoms with E-state index in [-0.39, 0.29) is 6.61 Å². The Balaban J connectivity index is 2.49. The van der Waals surface area contributed by atoms with Crippen molar-refractivity contribution < 1.29 is 10.2 Å². The number of nitrogen functional groups attached to an aromatic ring is 1. The second-order valence-corrected chi connectivity index (χ2v) is 4.48. The summed E-state index contributed by atoms with van der Waals surface area (Å²) >= 11 is 6.00. The monoisotopic (exact) mass is 258 g/mol. The Morgan fingerprint density at radius 1 is 1.41 bits per heavy atom. The van der Waals surface area contributed by atoms with Gasteiger partial charge in [-0.3, -0.25) is 0 Å². The highest BCUT2D eigenvalue weighted by Gasteiger charge is 2.05. The van der Waals surface area contributed by atoms with Gasteiger partial charge in [-0.1, -0.05) is 11.6 Å². The first-order chi connectivity index (χ1) is 8.04. The van der Waals surface area contributed by atoms with Crippen LogP contribution in [0.1, 0.15) is 18.4 Å². The third-order valence-corrected chi connectivity index (χ3v) is 2.99. The first-order valence-electron chi connectivity index (χ1n) is 5.63. The predicted octanol–water partition coefficient (Wildman–Crippen LogP) is 1.78. The largest absolute Gasteiger partial charge is 0.397 e. The summed E-state index contributed by atoms with van der Waals surface area (Å²) in [6.07, 6.45) is 0.465. The molecule has 96 valence electrons. The summed E-state index contributed by atoms with van der Waals surface area (Å²) in [5.41, 5.74) is 8.20. The molecule has 1 atom stereocenters. The summed E-state index contributed by atoms with van der Waals surface area (Å²) in [5, 5.41) is 21.9. The number of halogens is 1. The topological polar surface area (TPSA) is 78.5 Å². The number of aliphatic hydroxyl groups is 2. The lowest BCUT2D eigenvalue weighted by molar-refractivity contribution is 0.128. The fourth-order valence-corrected chi connectivity index (χ4v) is 1.69. The highest BCUT2D eigenvalue weighted by molar-refractivity contribution is 6.31. The van der Waals surface area contributed by atoms with Crippen molar-refractivity contribution in [3.63, 3.8) is 0 Å². The summed E-state index contributed by atoms with van der Waals surface area (Å²) in [4.78, 5) is 0. The van der Waals surface area contributed by atoms with Crippen LogP contribution in [0.15, 0.2) is 12.1 Å².